The number of alkyl halides is 1. The average Bonchev–Trinajstić information content (AvgIpc) is 2.69. The molecule has 0 saturated heterocycles. The van der Waals surface area contributed by atoms with Gasteiger partial charge in [-0.3, -0.25) is 4.79 Å². The second kappa shape index (κ2) is 6.28. The molecule has 82 valence electrons. The zero-order valence-corrected chi connectivity index (χ0v) is 9.72. The molecule has 1 aliphatic rings. The molecule has 1 aliphatic carbocycles. The van der Waals surface area contributed by atoms with Crippen LogP contribution >= 0.6 is 11.6 Å². The van der Waals surface area contributed by atoms with E-state index in [4.69, 9.17) is 11.6 Å². The van der Waals surface area contributed by atoms with Crippen LogP contribution in [0, 0.1) is 5.92 Å². The summed E-state index contributed by atoms with van der Waals surface area (Å²) in [5.74, 6) is 1.19. The van der Waals surface area contributed by atoms with Gasteiger partial charge in [0.15, 0.2) is 0 Å². The van der Waals surface area contributed by atoms with E-state index < -0.39 is 0 Å². The molecule has 0 atom stereocenters. The Morgan fingerprint density at radius 2 is 2.00 bits per heavy atom. The molecule has 1 amide bonds. The summed E-state index contributed by atoms with van der Waals surface area (Å²) < 4.78 is 0. The highest BCUT2D eigenvalue weighted by Gasteiger charge is 2.26. The molecule has 0 heterocycles. The van der Waals surface area contributed by atoms with Gasteiger partial charge in [0.25, 0.3) is 0 Å². The molecule has 0 radical (unpaired) electrons. The molecule has 1 fully saturated rings. The Morgan fingerprint density at radius 3 is 2.50 bits per heavy atom. The van der Waals surface area contributed by atoms with Crippen molar-refractivity contribution in [3.63, 3.8) is 0 Å². The van der Waals surface area contributed by atoms with Crippen molar-refractivity contribution in [2.75, 3.05) is 19.0 Å². The molecule has 0 aromatic rings. The van der Waals surface area contributed by atoms with Crippen molar-refractivity contribution in [3.8, 4) is 0 Å². The molecule has 3 heteroatoms. The molecule has 0 aliphatic heterocycles. The maximum absolute atomic E-state index is 12.0. The van der Waals surface area contributed by atoms with Crippen LogP contribution in [0.3, 0.4) is 0 Å². The van der Waals surface area contributed by atoms with E-state index in [0.29, 0.717) is 24.2 Å². The maximum atomic E-state index is 12.0. The highest BCUT2D eigenvalue weighted by molar-refractivity contribution is 6.18. The van der Waals surface area contributed by atoms with Crippen LogP contribution in [0.5, 0.6) is 0 Å². The van der Waals surface area contributed by atoms with Crippen molar-refractivity contribution in [2.24, 2.45) is 5.92 Å². The van der Waals surface area contributed by atoms with Gasteiger partial charge in [0, 0.05) is 24.9 Å². The molecule has 0 bridgehead atoms. The van der Waals surface area contributed by atoms with E-state index in [1.165, 1.54) is 12.8 Å². The van der Waals surface area contributed by atoms with E-state index in [-0.39, 0.29) is 0 Å². The summed E-state index contributed by atoms with van der Waals surface area (Å²) in [6.07, 6.45) is 5.63. The second-order valence-electron chi connectivity index (χ2n) is 4.00. The predicted octanol–water partition coefficient (Wildman–Crippen LogP) is 2.65. The Hall–Kier alpha value is -0.240. The third-order valence-corrected chi connectivity index (χ3v) is 3.03. The lowest BCUT2D eigenvalue weighted by Crippen LogP contribution is -2.37. The van der Waals surface area contributed by atoms with Gasteiger partial charge in [-0.2, -0.15) is 0 Å². The van der Waals surface area contributed by atoms with E-state index in [9.17, 15) is 4.79 Å². The first-order chi connectivity index (χ1) is 6.79. The van der Waals surface area contributed by atoms with Crippen LogP contribution in [0.25, 0.3) is 0 Å². The van der Waals surface area contributed by atoms with E-state index in [1.807, 2.05) is 4.90 Å². The third-order valence-electron chi connectivity index (χ3n) is 2.86. The second-order valence-corrected chi connectivity index (χ2v) is 4.37. The monoisotopic (exact) mass is 217 g/mol. The molecule has 0 aromatic carbocycles. The van der Waals surface area contributed by atoms with Crippen LogP contribution in [0.15, 0.2) is 0 Å². The minimum Gasteiger partial charge on any atom is -0.341 e. The molecule has 0 unspecified atom stereocenters. The van der Waals surface area contributed by atoms with Gasteiger partial charge in [-0.05, 0) is 19.3 Å². The van der Waals surface area contributed by atoms with Gasteiger partial charge in [0.05, 0.1) is 0 Å². The van der Waals surface area contributed by atoms with E-state index >= 15 is 0 Å². The van der Waals surface area contributed by atoms with Crippen LogP contribution in [0.4, 0.5) is 0 Å². The van der Waals surface area contributed by atoms with Crippen LogP contribution in [-0.4, -0.2) is 29.8 Å². The fourth-order valence-corrected chi connectivity index (χ4v) is 2.34. The lowest BCUT2D eigenvalue weighted by atomic mass is 10.1. The number of halogens is 1. The molecular weight excluding hydrogens is 198 g/mol. The van der Waals surface area contributed by atoms with Gasteiger partial charge in [0.1, 0.15) is 0 Å². The lowest BCUT2D eigenvalue weighted by molar-refractivity contribution is -0.135. The van der Waals surface area contributed by atoms with Crippen molar-refractivity contribution < 1.29 is 4.79 Å². The smallest absolute Gasteiger partial charge is 0.225 e. The number of carbonyl (C=O) groups is 1. The maximum Gasteiger partial charge on any atom is 0.225 e. The van der Waals surface area contributed by atoms with Crippen LogP contribution < -0.4 is 0 Å². The summed E-state index contributed by atoms with van der Waals surface area (Å²) in [5, 5.41) is 0. The van der Waals surface area contributed by atoms with Crippen molar-refractivity contribution in [1.29, 1.82) is 0 Å². The van der Waals surface area contributed by atoms with Crippen molar-refractivity contribution in [3.05, 3.63) is 0 Å². The number of carbonyl (C=O) groups excluding carboxylic acids is 1. The minimum atomic E-state index is 0.296. The fourth-order valence-electron chi connectivity index (χ4n) is 2.14. The number of nitrogens with zero attached hydrogens (tertiary/aromatic N) is 1. The number of amides is 1. The lowest BCUT2D eigenvalue weighted by Gasteiger charge is -2.24. The molecule has 1 rings (SSSR count). The first-order valence-corrected chi connectivity index (χ1v) is 6.17. The quantitative estimate of drug-likeness (QED) is 0.649. The van der Waals surface area contributed by atoms with Crippen molar-refractivity contribution in [1.82, 2.24) is 4.90 Å². The Morgan fingerprint density at radius 1 is 1.36 bits per heavy atom. The molecule has 0 spiro atoms. The van der Waals surface area contributed by atoms with Crippen molar-refractivity contribution >= 4 is 17.5 Å². The first kappa shape index (κ1) is 11.8. The minimum absolute atomic E-state index is 0.296. The number of rotatable bonds is 5. The van der Waals surface area contributed by atoms with E-state index in [1.54, 1.807) is 0 Å². The summed E-state index contributed by atoms with van der Waals surface area (Å²) in [4.78, 5) is 13.9. The SMILES string of the molecule is CCCN(CCCl)C(=O)C1CCCC1. The zero-order chi connectivity index (χ0) is 10.4. The molecule has 0 N–H and O–H groups in total. The van der Waals surface area contributed by atoms with Crippen molar-refractivity contribution in [2.45, 2.75) is 39.0 Å². The van der Waals surface area contributed by atoms with Gasteiger partial charge >= 0.3 is 0 Å². The van der Waals surface area contributed by atoms with Gasteiger partial charge < -0.3 is 4.90 Å². The van der Waals surface area contributed by atoms with Crippen LogP contribution in [0.2, 0.25) is 0 Å². The number of hydrogen-bond acceptors (Lipinski definition) is 1. The summed E-state index contributed by atoms with van der Waals surface area (Å²) >= 11 is 5.69. The van der Waals surface area contributed by atoms with Gasteiger partial charge in [0.2, 0.25) is 5.91 Å². The Kier molecular flexibility index (Phi) is 5.31. The topological polar surface area (TPSA) is 20.3 Å². The van der Waals surface area contributed by atoms with Crippen LogP contribution in [0.1, 0.15) is 39.0 Å². The summed E-state index contributed by atoms with van der Waals surface area (Å²) in [7, 11) is 0. The van der Waals surface area contributed by atoms with Gasteiger partial charge in [-0.15, -0.1) is 11.6 Å². The average molecular weight is 218 g/mol. The fraction of sp³-hybridized carbons (Fsp3) is 0.909. The zero-order valence-electron chi connectivity index (χ0n) is 8.97. The van der Waals surface area contributed by atoms with Gasteiger partial charge in [-0.1, -0.05) is 19.8 Å². The number of hydrogen-bond donors (Lipinski definition) is 0. The summed E-state index contributed by atoms with van der Waals surface area (Å²) in [6, 6.07) is 0. The van der Waals surface area contributed by atoms with E-state index in [2.05, 4.69) is 6.92 Å². The normalized spacial score (nSPS) is 17.3. The van der Waals surface area contributed by atoms with Crippen LogP contribution in [-0.2, 0) is 4.79 Å². The highest BCUT2D eigenvalue weighted by atomic mass is 35.5. The Bertz CT molecular complexity index is 172. The Balaban J connectivity index is 2.43. The largest absolute Gasteiger partial charge is 0.341 e. The first-order valence-electron chi connectivity index (χ1n) is 5.64. The molecule has 1 saturated carbocycles. The third kappa shape index (κ3) is 3.16. The standard InChI is InChI=1S/C11H20ClNO/c1-2-8-13(9-7-12)11(14)10-5-3-4-6-10/h10H,2-9H2,1H3. The molecule has 0 aromatic heterocycles. The van der Waals surface area contributed by atoms with Gasteiger partial charge in [-0.25, -0.2) is 0 Å². The molecule has 2 nitrogen and oxygen atoms in total. The predicted molar refractivity (Wildman–Crippen MR) is 59.5 cm³/mol. The molecular formula is C11H20ClNO. The van der Waals surface area contributed by atoms with E-state index in [0.717, 1.165) is 25.8 Å². The summed E-state index contributed by atoms with van der Waals surface area (Å²) in [6.45, 7) is 3.68. The molecule has 14 heavy (non-hydrogen) atoms. The Labute approximate surface area is 91.6 Å². The summed E-state index contributed by atoms with van der Waals surface area (Å²) in [5.41, 5.74) is 0. The highest BCUT2D eigenvalue weighted by Crippen LogP contribution is 2.26.